The van der Waals surface area contributed by atoms with Crippen LogP contribution in [0.2, 0.25) is 0 Å². The van der Waals surface area contributed by atoms with Gasteiger partial charge in [0.25, 0.3) is 0 Å². The summed E-state index contributed by atoms with van der Waals surface area (Å²) in [4.78, 5) is 25.1. The molecule has 104 valence electrons. The van der Waals surface area contributed by atoms with Gasteiger partial charge in [0, 0.05) is 12.6 Å². The van der Waals surface area contributed by atoms with Gasteiger partial charge in [0.1, 0.15) is 0 Å². The van der Waals surface area contributed by atoms with E-state index in [-0.39, 0.29) is 23.9 Å². The molecule has 4 nitrogen and oxygen atoms in total. The molecule has 0 bridgehead atoms. The van der Waals surface area contributed by atoms with Crippen LogP contribution in [-0.4, -0.2) is 34.5 Å². The Labute approximate surface area is 114 Å². The van der Waals surface area contributed by atoms with Crippen molar-refractivity contribution >= 4 is 11.9 Å². The highest BCUT2D eigenvalue weighted by molar-refractivity contribution is 5.91. The van der Waals surface area contributed by atoms with Gasteiger partial charge >= 0.3 is 5.97 Å². The first kappa shape index (κ1) is 15.2. The van der Waals surface area contributed by atoms with Crippen molar-refractivity contribution in [3.63, 3.8) is 0 Å². The van der Waals surface area contributed by atoms with E-state index in [2.05, 4.69) is 0 Å². The van der Waals surface area contributed by atoms with Crippen LogP contribution in [-0.2, 0) is 11.2 Å². The standard InChI is InChI=1S/C15H21NO3/c1-4-11(3)16(5-2)14(17)10-12-8-6-7-9-13(12)15(18)19/h6-9,11H,4-5,10H2,1-3H3,(H,18,19). The predicted octanol–water partition coefficient (Wildman–Crippen LogP) is 2.57. The quantitative estimate of drug-likeness (QED) is 0.858. The smallest absolute Gasteiger partial charge is 0.335 e. The Kier molecular flexibility index (Phi) is 5.55. The molecule has 4 heteroatoms. The maximum absolute atomic E-state index is 12.3. The summed E-state index contributed by atoms with van der Waals surface area (Å²) in [6.45, 7) is 6.62. The lowest BCUT2D eigenvalue weighted by molar-refractivity contribution is -0.132. The Morgan fingerprint density at radius 3 is 2.42 bits per heavy atom. The number of benzene rings is 1. The Bertz CT molecular complexity index is 456. The summed E-state index contributed by atoms with van der Waals surface area (Å²) >= 11 is 0. The molecule has 1 aromatic carbocycles. The summed E-state index contributed by atoms with van der Waals surface area (Å²) in [6.07, 6.45) is 1.03. The molecule has 19 heavy (non-hydrogen) atoms. The van der Waals surface area contributed by atoms with E-state index in [0.29, 0.717) is 12.1 Å². The molecule has 1 atom stereocenters. The van der Waals surface area contributed by atoms with Crippen LogP contribution < -0.4 is 0 Å². The number of nitrogens with zero attached hydrogens (tertiary/aromatic N) is 1. The van der Waals surface area contributed by atoms with Gasteiger partial charge in [0.15, 0.2) is 0 Å². The predicted molar refractivity (Wildman–Crippen MR) is 74.2 cm³/mol. The van der Waals surface area contributed by atoms with Gasteiger partial charge in [-0.05, 0) is 31.9 Å². The third-order valence-corrected chi connectivity index (χ3v) is 3.37. The zero-order valence-corrected chi connectivity index (χ0v) is 11.7. The second-order valence-electron chi connectivity index (χ2n) is 4.58. The van der Waals surface area contributed by atoms with Gasteiger partial charge in [-0.2, -0.15) is 0 Å². The second kappa shape index (κ2) is 6.92. The van der Waals surface area contributed by atoms with Crippen molar-refractivity contribution in [1.29, 1.82) is 0 Å². The number of carbonyl (C=O) groups is 2. The van der Waals surface area contributed by atoms with Gasteiger partial charge in [0.2, 0.25) is 5.91 Å². The summed E-state index contributed by atoms with van der Waals surface area (Å²) in [5.41, 5.74) is 0.776. The van der Waals surface area contributed by atoms with Gasteiger partial charge in [-0.25, -0.2) is 4.79 Å². The van der Waals surface area contributed by atoms with Crippen molar-refractivity contribution < 1.29 is 14.7 Å². The van der Waals surface area contributed by atoms with Crippen molar-refractivity contribution in [3.05, 3.63) is 35.4 Å². The molecule has 1 unspecified atom stereocenters. The van der Waals surface area contributed by atoms with E-state index < -0.39 is 5.97 Å². The average Bonchev–Trinajstić information content (AvgIpc) is 2.39. The summed E-state index contributed by atoms with van der Waals surface area (Å²) in [5, 5.41) is 9.10. The lowest BCUT2D eigenvalue weighted by atomic mass is 10.0. The summed E-state index contributed by atoms with van der Waals surface area (Å²) in [7, 11) is 0. The van der Waals surface area contributed by atoms with Crippen LogP contribution in [0, 0.1) is 0 Å². The van der Waals surface area contributed by atoms with E-state index in [1.54, 1.807) is 23.1 Å². The van der Waals surface area contributed by atoms with E-state index in [4.69, 9.17) is 5.11 Å². The van der Waals surface area contributed by atoms with Crippen LogP contribution in [0.3, 0.4) is 0 Å². The fourth-order valence-corrected chi connectivity index (χ4v) is 2.10. The van der Waals surface area contributed by atoms with Crippen molar-refractivity contribution in [1.82, 2.24) is 4.90 Å². The lowest BCUT2D eigenvalue weighted by Gasteiger charge is -2.27. The maximum Gasteiger partial charge on any atom is 0.335 e. The number of hydrogen-bond acceptors (Lipinski definition) is 2. The van der Waals surface area contributed by atoms with Crippen molar-refractivity contribution in [2.24, 2.45) is 0 Å². The zero-order valence-electron chi connectivity index (χ0n) is 11.7. The molecule has 1 aromatic rings. The molecule has 1 rings (SSSR count). The van der Waals surface area contributed by atoms with Crippen LogP contribution in [0.25, 0.3) is 0 Å². The first-order valence-electron chi connectivity index (χ1n) is 6.61. The molecule has 0 spiro atoms. The Morgan fingerprint density at radius 2 is 1.89 bits per heavy atom. The lowest BCUT2D eigenvalue weighted by Crippen LogP contribution is -2.39. The molecule has 0 aromatic heterocycles. The first-order valence-corrected chi connectivity index (χ1v) is 6.61. The normalized spacial score (nSPS) is 11.9. The van der Waals surface area contributed by atoms with Crippen LogP contribution in [0.1, 0.15) is 43.1 Å². The third-order valence-electron chi connectivity index (χ3n) is 3.37. The van der Waals surface area contributed by atoms with E-state index in [9.17, 15) is 9.59 Å². The summed E-state index contributed by atoms with van der Waals surface area (Å²) < 4.78 is 0. The van der Waals surface area contributed by atoms with Crippen molar-refractivity contribution in [2.75, 3.05) is 6.54 Å². The topological polar surface area (TPSA) is 57.6 Å². The van der Waals surface area contributed by atoms with Gasteiger partial charge in [-0.3, -0.25) is 4.79 Å². The number of carboxylic acids is 1. The van der Waals surface area contributed by atoms with Gasteiger partial charge in [-0.1, -0.05) is 25.1 Å². The molecule has 1 N–H and O–H groups in total. The Balaban J connectivity index is 2.90. The van der Waals surface area contributed by atoms with Gasteiger partial charge in [0.05, 0.1) is 12.0 Å². The minimum Gasteiger partial charge on any atom is -0.478 e. The zero-order chi connectivity index (χ0) is 14.4. The molecule has 0 heterocycles. The molecule has 0 aliphatic carbocycles. The summed E-state index contributed by atoms with van der Waals surface area (Å²) in [5.74, 6) is -1.01. The number of rotatable bonds is 6. The number of amides is 1. The van der Waals surface area contributed by atoms with E-state index >= 15 is 0 Å². The van der Waals surface area contributed by atoms with Crippen LogP contribution >= 0.6 is 0 Å². The highest BCUT2D eigenvalue weighted by Gasteiger charge is 2.19. The molecule has 0 aliphatic heterocycles. The fourth-order valence-electron chi connectivity index (χ4n) is 2.10. The number of likely N-dealkylation sites (N-methyl/N-ethyl adjacent to an activating group) is 1. The minimum atomic E-state index is -0.991. The van der Waals surface area contributed by atoms with E-state index in [0.717, 1.165) is 6.42 Å². The summed E-state index contributed by atoms with van der Waals surface area (Å²) in [6, 6.07) is 6.84. The highest BCUT2D eigenvalue weighted by Crippen LogP contribution is 2.13. The van der Waals surface area contributed by atoms with Crippen molar-refractivity contribution in [2.45, 2.75) is 39.7 Å². The molecule has 0 saturated carbocycles. The molecule has 0 fully saturated rings. The minimum absolute atomic E-state index is 0.0226. The van der Waals surface area contributed by atoms with Gasteiger partial charge < -0.3 is 10.0 Å². The monoisotopic (exact) mass is 263 g/mol. The molecule has 0 saturated heterocycles. The van der Waals surface area contributed by atoms with Gasteiger partial charge in [-0.15, -0.1) is 0 Å². The molecule has 1 amide bonds. The molecule has 0 aliphatic rings. The Morgan fingerprint density at radius 1 is 1.26 bits per heavy atom. The van der Waals surface area contributed by atoms with E-state index in [1.165, 1.54) is 6.07 Å². The largest absolute Gasteiger partial charge is 0.478 e. The number of carboxylic acid groups (broad SMARTS) is 1. The number of carbonyl (C=O) groups excluding carboxylic acids is 1. The first-order chi connectivity index (χ1) is 9.01. The number of hydrogen-bond donors (Lipinski definition) is 1. The van der Waals surface area contributed by atoms with Crippen LogP contribution in [0.4, 0.5) is 0 Å². The van der Waals surface area contributed by atoms with Crippen molar-refractivity contribution in [3.8, 4) is 0 Å². The Hall–Kier alpha value is -1.84. The molecular formula is C15H21NO3. The average molecular weight is 263 g/mol. The fraction of sp³-hybridized carbons (Fsp3) is 0.467. The SMILES string of the molecule is CCC(C)N(CC)C(=O)Cc1ccccc1C(=O)O. The van der Waals surface area contributed by atoms with E-state index in [1.807, 2.05) is 20.8 Å². The number of aromatic carboxylic acids is 1. The molecular weight excluding hydrogens is 242 g/mol. The molecule has 0 radical (unpaired) electrons. The van der Waals surface area contributed by atoms with Crippen LogP contribution in [0.15, 0.2) is 24.3 Å². The second-order valence-corrected chi connectivity index (χ2v) is 4.58. The third kappa shape index (κ3) is 3.81. The van der Waals surface area contributed by atoms with Crippen LogP contribution in [0.5, 0.6) is 0 Å². The highest BCUT2D eigenvalue weighted by atomic mass is 16.4. The maximum atomic E-state index is 12.3.